The molecule has 0 saturated carbocycles. The zero-order chi connectivity index (χ0) is 19.9. The molecule has 1 N–H and O–H groups in total. The quantitative estimate of drug-likeness (QED) is 0.277. The summed E-state index contributed by atoms with van der Waals surface area (Å²) in [5.41, 5.74) is 5.87. The Balaban J connectivity index is 1.67. The monoisotopic (exact) mass is 383 g/mol. The third kappa shape index (κ3) is 9.01. The summed E-state index contributed by atoms with van der Waals surface area (Å²) in [5.74, 6) is 0. The fourth-order valence-electron chi connectivity index (χ4n) is 3.37. The fraction of sp³-hybridized carbons (Fsp3) is 0.520. The van der Waals surface area contributed by atoms with Crippen LogP contribution in [-0.4, -0.2) is 12.6 Å². The lowest BCUT2D eigenvalue weighted by Gasteiger charge is -2.23. The van der Waals surface area contributed by atoms with Gasteiger partial charge in [-0.2, -0.15) is 5.48 Å². The van der Waals surface area contributed by atoms with Crippen molar-refractivity contribution in [2.45, 2.75) is 77.5 Å². The Morgan fingerprint density at radius 1 is 0.786 bits per heavy atom. The van der Waals surface area contributed by atoms with Gasteiger partial charge in [0.1, 0.15) is 6.10 Å². The lowest BCUT2D eigenvalue weighted by atomic mass is 10.0. The minimum absolute atomic E-state index is 0.125. The Kier molecular flexibility index (Phi) is 11.6. The highest BCUT2D eigenvalue weighted by Crippen LogP contribution is 2.22. The second kappa shape index (κ2) is 14.3. The molecule has 0 aliphatic carbocycles. The summed E-state index contributed by atoms with van der Waals surface area (Å²) in [6, 6.07) is 21.3. The van der Waals surface area contributed by atoms with E-state index >= 15 is 0 Å². The number of hydrogen-bond donors (Lipinski definition) is 1. The first-order chi connectivity index (χ1) is 13.8. The van der Waals surface area contributed by atoms with Crippen LogP contribution in [0.15, 0.2) is 60.7 Å². The molecule has 2 rings (SSSR count). The van der Waals surface area contributed by atoms with E-state index in [0.717, 1.165) is 51.6 Å². The number of unbranched alkanes of at least 4 members (excludes halogenated alkanes) is 1. The first-order valence-electron chi connectivity index (χ1n) is 10.9. The van der Waals surface area contributed by atoms with Gasteiger partial charge in [-0.05, 0) is 43.2 Å². The highest BCUT2D eigenvalue weighted by atomic mass is 16.7. The van der Waals surface area contributed by atoms with Crippen molar-refractivity contribution in [3.63, 3.8) is 0 Å². The molecule has 154 valence electrons. The molecule has 28 heavy (non-hydrogen) atoms. The van der Waals surface area contributed by atoms with Gasteiger partial charge in [0.05, 0.1) is 6.61 Å². The van der Waals surface area contributed by atoms with Crippen LogP contribution < -0.4 is 5.48 Å². The van der Waals surface area contributed by atoms with Gasteiger partial charge in [-0.3, -0.25) is 4.84 Å². The van der Waals surface area contributed by atoms with Crippen LogP contribution in [0.5, 0.6) is 0 Å². The van der Waals surface area contributed by atoms with E-state index in [2.05, 4.69) is 73.9 Å². The van der Waals surface area contributed by atoms with Gasteiger partial charge in [0.15, 0.2) is 0 Å². The van der Waals surface area contributed by atoms with E-state index in [9.17, 15) is 0 Å². The van der Waals surface area contributed by atoms with Crippen molar-refractivity contribution in [3.8, 4) is 0 Å². The van der Waals surface area contributed by atoms with Crippen LogP contribution in [0.4, 0.5) is 0 Å². The molecular weight excluding hydrogens is 346 g/mol. The number of rotatable bonds is 15. The average Bonchev–Trinajstić information content (AvgIpc) is 2.74. The zero-order valence-electron chi connectivity index (χ0n) is 17.6. The molecule has 0 spiro atoms. The molecule has 2 aromatic rings. The molecule has 1 unspecified atom stereocenters. The topological polar surface area (TPSA) is 30.5 Å². The Hall–Kier alpha value is -1.68. The van der Waals surface area contributed by atoms with Gasteiger partial charge in [-0.25, -0.2) is 0 Å². The molecule has 2 atom stereocenters. The molecule has 0 aromatic heterocycles. The fourth-order valence-corrected chi connectivity index (χ4v) is 3.37. The summed E-state index contributed by atoms with van der Waals surface area (Å²) in [6.45, 7) is 5.96. The number of ether oxygens (including phenoxy) is 1. The van der Waals surface area contributed by atoms with E-state index in [-0.39, 0.29) is 6.10 Å². The summed E-state index contributed by atoms with van der Waals surface area (Å²) in [7, 11) is 0. The van der Waals surface area contributed by atoms with Crippen molar-refractivity contribution in [3.05, 3.63) is 71.8 Å². The number of nitrogens with one attached hydrogen (secondary N) is 1. The molecule has 0 fully saturated rings. The maximum absolute atomic E-state index is 6.14. The first kappa shape index (κ1) is 22.6. The first-order valence-corrected chi connectivity index (χ1v) is 10.9. The summed E-state index contributed by atoms with van der Waals surface area (Å²) in [5, 5.41) is 0. The highest BCUT2D eigenvalue weighted by molar-refractivity contribution is 5.17. The lowest BCUT2D eigenvalue weighted by molar-refractivity contribution is -0.0532. The number of benzene rings is 2. The highest BCUT2D eigenvalue weighted by Gasteiger charge is 2.14. The van der Waals surface area contributed by atoms with Crippen LogP contribution in [0.3, 0.4) is 0 Å². The van der Waals surface area contributed by atoms with Gasteiger partial charge < -0.3 is 4.74 Å². The maximum atomic E-state index is 6.14. The van der Waals surface area contributed by atoms with Crippen molar-refractivity contribution in [1.82, 2.24) is 5.48 Å². The Labute approximate surface area is 171 Å². The van der Waals surface area contributed by atoms with E-state index in [1.165, 1.54) is 11.1 Å². The molecule has 0 amide bonds. The normalized spacial score (nSPS) is 13.4. The summed E-state index contributed by atoms with van der Waals surface area (Å²) in [6.07, 6.45) is 7.93. The lowest BCUT2D eigenvalue weighted by Crippen LogP contribution is -2.31. The zero-order valence-corrected chi connectivity index (χ0v) is 17.6. The van der Waals surface area contributed by atoms with Gasteiger partial charge in [0.2, 0.25) is 0 Å². The SMILES string of the molecule is CCCC(CCCCOCc1ccccc1)NO[C@H](CCC)c1ccccc1. The summed E-state index contributed by atoms with van der Waals surface area (Å²) < 4.78 is 5.80. The van der Waals surface area contributed by atoms with E-state index in [4.69, 9.17) is 9.57 Å². The molecular formula is C25H37NO2. The van der Waals surface area contributed by atoms with E-state index in [0.29, 0.717) is 12.6 Å². The van der Waals surface area contributed by atoms with Crippen molar-refractivity contribution < 1.29 is 9.57 Å². The van der Waals surface area contributed by atoms with Crippen LogP contribution >= 0.6 is 0 Å². The average molecular weight is 384 g/mol. The predicted octanol–water partition coefficient (Wildman–Crippen LogP) is 6.60. The third-order valence-corrected chi connectivity index (χ3v) is 4.94. The summed E-state index contributed by atoms with van der Waals surface area (Å²) >= 11 is 0. The molecule has 3 heteroatoms. The molecule has 2 aromatic carbocycles. The largest absolute Gasteiger partial charge is 0.377 e. The van der Waals surface area contributed by atoms with Crippen LogP contribution in [0.2, 0.25) is 0 Å². The molecule has 0 bridgehead atoms. The molecule has 3 nitrogen and oxygen atoms in total. The molecule has 0 aliphatic rings. The molecule has 0 radical (unpaired) electrons. The smallest absolute Gasteiger partial charge is 0.104 e. The standard InChI is InChI=1S/C25H37NO2/c1-3-13-24(19-11-12-20-27-21-22-15-7-5-8-16-22)26-28-25(14-4-2)23-17-9-6-10-18-23/h5-10,15-18,24-26H,3-4,11-14,19-21H2,1-2H3/t24?,25-/m1/s1. The number of hydroxylamine groups is 1. The van der Waals surface area contributed by atoms with E-state index in [1.807, 2.05) is 6.07 Å². The number of hydrogen-bond acceptors (Lipinski definition) is 3. The van der Waals surface area contributed by atoms with Crippen LogP contribution in [0, 0.1) is 0 Å². The predicted molar refractivity (Wildman–Crippen MR) is 117 cm³/mol. The van der Waals surface area contributed by atoms with Crippen LogP contribution in [-0.2, 0) is 16.2 Å². The van der Waals surface area contributed by atoms with E-state index in [1.54, 1.807) is 0 Å². The van der Waals surface area contributed by atoms with Gasteiger partial charge >= 0.3 is 0 Å². The van der Waals surface area contributed by atoms with E-state index < -0.39 is 0 Å². The maximum Gasteiger partial charge on any atom is 0.104 e. The van der Waals surface area contributed by atoms with Gasteiger partial charge in [-0.1, -0.05) is 87.4 Å². The van der Waals surface area contributed by atoms with Gasteiger partial charge in [-0.15, -0.1) is 0 Å². The van der Waals surface area contributed by atoms with Gasteiger partial charge in [0, 0.05) is 12.6 Å². The Morgan fingerprint density at radius 2 is 1.46 bits per heavy atom. The van der Waals surface area contributed by atoms with Crippen LogP contribution in [0.1, 0.15) is 76.0 Å². The molecule has 0 heterocycles. The second-order valence-corrected chi connectivity index (χ2v) is 7.44. The summed E-state index contributed by atoms with van der Waals surface area (Å²) in [4.78, 5) is 6.14. The van der Waals surface area contributed by atoms with Gasteiger partial charge in [0.25, 0.3) is 0 Å². The van der Waals surface area contributed by atoms with Crippen molar-refractivity contribution in [1.29, 1.82) is 0 Å². The minimum Gasteiger partial charge on any atom is -0.377 e. The van der Waals surface area contributed by atoms with Crippen molar-refractivity contribution >= 4 is 0 Å². The van der Waals surface area contributed by atoms with Crippen molar-refractivity contribution in [2.24, 2.45) is 0 Å². The van der Waals surface area contributed by atoms with Crippen LogP contribution in [0.25, 0.3) is 0 Å². The Bertz CT molecular complexity index is 602. The Morgan fingerprint density at radius 3 is 2.14 bits per heavy atom. The molecule has 0 saturated heterocycles. The minimum atomic E-state index is 0.125. The van der Waals surface area contributed by atoms with Crippen molar-refractivity contribution in [2.75, 3.05) is 6.61 Å². The third-order valence-electron chi connectivity index (χ3n) is 4.94. The second-order valence-electron chi connectivity index (χ2n) is 7.44. The molecule has 0 aliphatic heterocycles.